The van der Waals surface area contributed by atoms with Gasteiger partial charge in [-0.05, 0) is 50.8 Å². The van der Waals surface area contributed by atoms with E-state index in [2.05, 4.69) is 65.0 Å². The molecule has 1 heterocycles. The lowest BCUT2D eigenvalue weighted by Crippen LogP contribution is -2.43. The number of nitrogens with one attached hydrogen (secondary N) is 2. The number of imide groups is 1. The van der Waals surface area contributed by atoms with E-state index in [1.165, 1.54) is 17.3 Å². The SMILES string of the molecule is Cc1ccc(-n2c(Cc3ccccc3)nnc2SC(C)C(=O)NC(=O)NC2CC2)c(C)c1. The van der Waals surface area contributed by atoms with Gasteiger partial charge in [0.25, 0.3) is 0 Å². The Hall–Kier alpha value is -3.13. The summed E-state index contributed by atoms with van der Waals surface area (Å²) in [7, 11) is 0. The molecular formula is C24H27N5O2S. The fourth-order valence-corrected chi connectivity index (χ4v) is 4.32. The average Bonchev–Trinajstić information content (AvgIpc) is 3.49. The summed E-state index contributed by atoms with van der Waals surface area (Å²) in [5, 5.41) is 14.2. The molecule has 1 saturated carbocycles. The summed E-state index contributed by atoms with van der Waals surface area (Å²) in [6.07, 6.45) is 2.55. The van der Waals surface area contributed by atoms with Crippen LogP contribution in [0.25, 0.3) is 5.69 Å². The van der Waals surface area contributed by atoms with Crippen molar-refractivity contribution in [1.82, 2.24) is 25.4 Å². The molecule has 1 aliphatic carbocycles. The zero-order valence-electron chi connectivity index (χ0n) is 18.5. The Kier molecular flexibility index (Phi) is 6.60. The minimum atomic E-state index is -0.516. The second kappa shape index (κ2) is 9.56. The number of carbonyl (C=O) groups excluding carboxylic acids is 2. The second-order valence-corrected chi connectivity index (χ2v) is 9.49. The van der Waals surface area contributed by atoms with Gasteiger partial charge in [-0.25, -0.2) is 4.79 Å². The molecule has 0 aliphatic heterocycles. The Labute approximate surface area is 192 Å². The van der Waals surface area contributed by atoms with Gasteiger partial charge < -0.3 is 5.32 Å². The van der Waals surface area contributed by atoms with Crippen molar-refractivity contribution < 1.29 is 9.59 Å². The maximum Gasteiger partial charge on any atom is 0.321 e. The van der Waals surface area contributed by atoms with Crippen molar-refractivity contribution in [3.05, 3.63) is 71.0 Å². The summed E-state index contributed by atoms with van der Waals surface area (Å²) < 4.78 is 2.01. The third-order valence-electron chi connectivity index (χ3n) is 5.30. The van der Waals surface area contributed by atoms with Crippen molar-refractivity contribution in [2.24, 2.45) is 0 Å². The van der Waals surface area contributed by atoms with E-state index in [1.807, 2.05) is 22.8 Å². The maximum absolute atomic E-state index is 12.6. The van der Waals surface area contributed by atoms with Gasteiger partial charge in [0.15, 0.2) is 5.16 Å². The summed E-state index contributed by atoms with van der Waals surface area (Å²) in [6.45, 7) is 5.88. The van der Waals surface area contributed by atoms with E-state index in [0.29, 0.717) is 11.6 Å². The lowest BCUT2D eigenvalue weighted by Gasteiger charge is -2.16. The Morgan fingerprint density at radius 1 is 1.12 bits per heavy atom. The minimum Gasteiger partial charge on any atom is -0.335 e. The van der Waals surface area contributed by atoms with Crippen LogP contribution in [0.3, 0.4) is 0 Å². The Balaban J connectivity index is 1.59. The maximum atomic E-state index is 12.6. The topological polar surface area (TPSA) is 88.9 Å². The highest BCUT2D eigenvalue weighted by molar-refractivity contribution is 8.00. The van der Waals surface area contributed by atoms with Crippen molar-refractivity contribution in [2.45, 2.75) is 56.5 Å². The van der Waals surface area contributed by atoms with Crippen LogP contribution in [0.5, 0.6) is 0 Å². The van der Waals surface area contributed by atoms with Crippen LogP contribution in [0.4, 0.5) is 4.79 Å². The van der Waals surface area contributed by atoms with Crippen molar-refractivity contribution in [2.75, 3.05) is 0 Å². The Bertz CT molecular complexity index is 1120. The molecule has 7 nitrogen and oxygen atoms in total. The highest BCUT2D eigenvalue weighted by atomic mass is 32.2. The molecule has 0 bridgehead atoms. The minimum absolute atomic E-state index is 0.193. The van der Waals surface area contributed by atoms with E-state index in [0.717, 1.165) is 35.5 Å². The first kappa shape index (κ1) is 22.1. The first-order valence-electron chi connectivity index (χ1n) is 10.7. The number of thioether (sulfide) groups is 1. The second-order valence-electron chi connectivity index (χ2n) is 8.18. The number of hydrogen-bond acceptors (Lipinski definition) is 5. The number of hydrogen-bond donors (Lipinski definition) is 2. The van der Waals surface area contributed by atoms with Gasteiger partial charge in [0.2, 0.25) is 5.91 Å². The largest absolute Gasteiger partial charge is 0.335 e. The predicted molar refractivity (Wildman–Crippen MR) is 125 cm³/mol. The smallest absolute Gasteiger partial charge is 0.321 e. The number of benzene rings is 2. The summed E-state index contributed by atoms with van der Waals surface area (Å²) >= 11 is 1.29. The van der Waals surface area contributed by atoms with Gasteiger partial charge in [-0.1, -0.05) is 59.8 Å². The fraction of sp³-hybridized carbons (Fsp3) is 0.333. The fourth-order valence-electron chi connectivity index (χ4n) is 3.44. The monoisotopic (exact) mass is 449 g/mol. The van der Waals surface area contributed by atoms with Crippen LogP contribution in [-0.2, 0) is 11.2 Å². The molecule has 32 heavy (non-hydrogen) atoms. The highest BCUT2D eigenvalue weighted by Crippen LogP contribution is 2.28. The highest BCUT2D eigenvalue weighted by Gasteiger charge is 2.26. The summed E-state index contributed by atoms with van der Waals surface area (Å²) in [6, 6.07) is 16.1. The van der Waals surface area contributed by atoms with E-state index in [9.17, 15) is 9.59 Å². The molecule has 0 radical (unpaired) electrons. The molecule has 3 aromatic rings. The number of carbonyl (C=O) groups is 2. The van der Waals surface area contributed by atoms with Crippen LogP contribution in [0.1, 0.15) is 42.3 Å². The van der Waals surface area contributed by atoms with Gasteiger partial charge in [0, 0.05) is 12.5 Å². The zero-order valence-corrected chi connectivity index (χ0v) is 19.3. The van der Waals surface area contributed by atoms with E-state index in [-0.39, 0.29) is 11.9 Å². The number of aryl methyl sites for hydroxylation is 2. The first-order valence-corrected chi connectivity index (χ1v) is 11.6. The molecule has 1 aromatic heterocycles. The number of amides is 3. The van der Waals surface area contributed by atoms with Gasteiger partial charge in [0.1, 0.15) is 5.82 Å². The molecular weight excluding hydrogens is 422 g/mol. The first-order chi connectivity index (χ1) is 15.4. The van der Waals surface area contributed by atoms with Crippen molar-refractivity contribution in [3.8, 4) is 5.69 Å². The van der Waals surface area contributed by atoms with Crippen LogP contribution in [0.15, 0.2) is 53.7 Å². The Morgan fingerprint density at radius 2 is 1.88 bits per heavy atom. The van der Waals surface area contributed by atoms with E-state index < -0.39 is 11.3 Å². The molecule has 0 saturated heterocycles. The zero-order chi connectivity index (χ0) is 22.7. The molecule has 2 aromatic carbocycles. The predicted octanol–water partition coefficient (Wildman–Crippen LogP) is 3.94. The summed E-state index contributed by atoms with van der Waals surface area (Å²) in [4.78, 5) is 24.5. The summed E-state index contributed by atoms with van der Waals surface area (Å²) in [5.74, 6) is 0.442. The van der Waals surface area contributed by atoms with E-state index >= 15 is 0 Å². The van der Waals surface area contributed by atoms with Crippen LogP contribution < -0.4 is 10.6 Å². The normalized spacial score (nSPS) is 14.1. The van der Waals surface area contributed by atoms with Gasteiger partial charge >= 0.3 is 6.03 Å². The van der Waals surface area contributed by atoms with Crippen LogP contribution >= 0.6 is 11.8 Å². The lowest BCUT2D eigenvalue weighted by molar-refractivity contribution is -0.119. The summed E-state index contributed by atoms with van der Waals surface area (Å²) in [5.41, 5.74) is 4.38. The van der Waals surface area contributed by atoms with Crippen LogP contribution in [0.2, 0.25) is 0 Å². The quantitative estimate of drug-likeness (QED) is 0.533. The van der Waals surface area contributed by atoms with E-state index in [1.54, 1.807) is 6.92 Å². The van der Waals surface area contributed by atoms with Crippen molar-refractivity contribution >= 4 is 23.7 Å². The Morgan fingerprint density at radius 3 is 2.56 bits per heavy atom. The molecule has 4 rings (SSSR count). The molecule has 166 valence electrons. The van der Waals surface area contributed by atoms with Crippen LogP contribution in [-0.4, -0.2) is 38.0 Å². The van der Waals surface area contributed by atoms with Gasteiger partial charge in [-0.2, -0.15) is 0 Å². The number of nitrogens with zero attached hydrogens (tertiary/aromatic N) is 3. The van der Waals surface area contributed by atoms with Crippen LogP contribution in [0, 0.1) is 13.8 Å². The molecule has 3 amide bonds. The lowest BCUT2D eigenvalue weighted by atomic mass is 10.1. The number of urea groups is 1. The third kappa shape index (κ3) is 5.37. The van der Waals surface area contributed by atoms with Gasteiger partial charge in [-0.15, -0.1) is 10.2 Å². The molecule has 1 atom stereocenters. The number of rotatable bonds is 7. The molecule has 1 aliphatic rings. The molecule has 1 fully saturated rings. The standard InChI is InChI=1S/C24H27N5O2S/c1-15-9-12-20(16(2)13-15)29-21(14-18-7-5-4-6-8-18)27-28-24(29)32-17(3)22(30)26-23(31)25-19-10-11-19/h4-9,12-13,17,19H,10-11,14H2,1-3H3,(H2,25,26,30,31). The van der Waals surface area contributed by atoms with E-state index in [4.69, 9.17) is 0 Å². The molecule has 1 unspecified atom stereocenters. The molecule has 8 heteroatoms. The van der Waals surface area contributed by atoms with Gasteiger partial charge in [-0.3, -0.25) is 14.7 Å². The average molecular weight is 450 g/mol. The molecule has 2 N–H and O–H groups in total. The van der Waals surface area contributed by atoms with Crippen molar-refractivity contribution in [1.29, 1.82) is 0 Å². The number of aromatic nitrogens is 3. The van der Waals surface area contributed by atoms with Gasteiger partial charge in [0.05, 0.1) is 10.9 Å². The van der Waals surface area contributed by atoms with Crippen molar-refractivity contribution in [3.63, 3.8) is 0 Å². The molecule has 0 spiro atoms. The third-order valence-corrected chi connectivity index (χ3v) is 6.34.